The Morgan fingerprint density at radius 2 is 1.85 bits per heavy atom. The standard InChI is InChI=1S/C18H15BrF2N2O3/c19-13-4-2-1-3-11(13)10-17(7-8-17)23-16(24)22-12-5-6-14-15(9-12)26-18(20,21)25-14/h1-6,9H,7-8,10H2,(H2,22,23,24). The van der Waals surface area contributed by atoms with Crippen molar-refractivity contribution in [1.82, 2.24) is 5.32 Å². The number of benzene rings is 2. The van der Waals surface area contributed by atoms with Crippen molar-refractivity contribution in [3.8, 4) is 11.5 Å². The molecule has 0 saturated heterocycles. The average molecular weight is 425 g/mol. The van der Waals surface area contributed by atoms with Crippen molar-refractivity contribution in [3.05, 3.63) is 52.5 Å². The Hall–Kier alpha value is -2.35. The number of nitrogens with one attached hydrogen (secondary N) is 2. The van der Waals surface area contributed by atoms with Crippen LogP contribution in [0.3, 0.4) is 0 Å². The SMILES string of the molecule is O=C(Nc1ccc2c(c1)OC(F)(F)O2)NC1(Cc2ccccc2Br)CC1. The molecule has 2 aromatic carbocycles. The van der Waals surface area contributed by atoms with Crippen molar-refractivity contribution >= 4 is 27.6 Å². The van der Waals surface area contributed by atoms with Crippen LogP contribution in [-0.2, 0) is 6.42 Å². The van der Waals surface area contributed by atoms with Crippen molar-refractivity contribution in [3.63, 3.8) is 0 Å². The minimum atomic E-state index is -3.68. The quantitative estimate of drug-likeness (QED) is 0.749. The van der Waals surface area contributed by atoms with E-state index in [0.29, 0.717) is 5.69 Å². The fraction of sp³-hybridized carbons (Fsp3) is 0.278. The first-order valence-corrected chi connectivity index (χ1v) is 8.86. The van der Waals surface area contributed by atoms with Gasteiger partial charge in [0.2, 0.25) is 0 Å². The molecule has 5 nitrogen and oxygen atoms in total. The summed E-state index contributed by atoms with van der Waals surface area (Å²) in [5.74, 6) is -0.171. The third kappa shape index (κ3) is 3.60. The highest BCUT2D eigenvalue weighted by atomic mass is 79.9. The summed E-state index contributed by atoms with van der Waals surface area (Å²) in [4.78, 5) is 12.3. The normalized spacial score (nSPS) is 18.3. The van der Waals surface area contributed by atoms with Gasteiger partial charge in [0.25, 0.3) is 0 Å². The smallest absolute Gasteiger partial charge is 0.395 e. The molecule has 1 saturated carbocycles. The Kier molecular flexibility index (Phi) is 4.02. The van der Waals surface area contributed by atoms with E-state index in [0.717, 1.165) is 29.3 Å². The minimum absolute atomic E-state index is 0.0615. The van der Waals surface area contributed by atoms with Gasteiger partial charge in [0.1, 0.15) is 0 Å². The zero-order valence-electron chi connectivity index (χ0n) is 13.5. The molecule has 1 aliphatic carbocycles. The largest absolute Gasteiger partial charge is 0.586 e. The number of ether oxygens (including phenoxy) is 2. The summed E-state index contributed by atoms with van der Waals surface area (Å²) >= 11 is 3.52. The van der Waals surface area contributed by atoms with Crippen LogP contribution in [0, 0.1) is 0 Å². The van der Waals surface area contributed by atoms with Gasteiger partial charge in [-0.2, -0.15) is 0 Å². The highest BCUT2D eigenvalue weighted by molar-refractivity contribution is 9.10. The lowest BCUT2D eigenvalue weighted by atomic mass is 10.0. The van der Waals surface area contributed by atoms with Gasteiger partial charge in [-0.15, -0.1) is 8.78 Å². The Morgan fingerprint density at radius 1 is 1.12 bits per heavy atom. The molecule has 1 aliphatic heterocycles. The topological polar surface area (TPSA) is 59.6 Å². The molecule has 136 valence electrons. The first-order chi connectivity index (χ1) is 12.3. The molecule has 0 unspecified atom stereocenters. The van der Waals surface area contributed by atoms with Crippen LogP contribution in [0.4, 0.5) is 19.3 Å². The van der Waals surface area contributed by atoms with E-state index in [-0.39, 0.29) is 23.1 Å². The fourth-order valence-corrected chi connectivity index (χ4v) is 3.36. The van der Waals surface area contributed by atoms with E-state index in [1.165, 1.54) is 18.2 Å². The lowest BCUT2D eigenvalue weighted by molar-refractivity contribution is -0.286. The minimum Gasteiger partial charge on any atom is -0.395 e. The predicted molar refractivity (Wildman–Crippen MR) is 94.6 cm³/mol. The molecular weight excluding hydrogens is 410 g/mol. The number of alkyl halides is 2. The maximum atomic E-state index is 13.1. The van der Waals surface area contributed by atoms with Gasteiger partial charge in [0, 0.05) is 21.8 Å². The van der Waals surface area contributed by atoms with Crippen molar-refractivity contribution in [1.29, 1.82) is 0 Å². The van der Waals surface area contributed by atoms with Gasteiger partial charge in [-0.1, -0.05) is 34.1 Å². The van der Waals surface area contributed by atoms with Gasteiger partial charge in [-0.05, 0) is 43.0 Å². The highest BCUT2D eigenvalue weighted by Gasteiger charge is 2.45. The molecule has 2 aromatic rings. The van der Waals surface area contributed by atoms with E-state index in [1.807, 2.05) is 24.3 Å². The van der Waals surface area contributed by atoms with Crippen LogP contribution in [0.15, 0.2) is 46.9 Å². The second-order valence-electron chi connectivity index (χ2n) is 6.46. The van der Waals surface area contributed by atoms with E-state index in [9.17, 15) is 13.6 Å². The summed E-state index contributed by atoms with van der Waals surface area (Å²) < 4.78 is 35.8. The molecule has 26 heavy (non-hydrogen) atoms. The third-order valence-electron chi connectivity index (χ3n) is 4.38. The number of rotatable bonds is 4. The predicted octanol–water partition coefficient (Wildman–Crippen LogP) is 4.67. The monoisotopic (exact) mass is 424 g/mol. The van der Waals surface area contributed by atoms with Crippen LogP contribution in [0.2, 0.25) is 0 Å². The molecule has 4 rings (SSSR count). The molecule has 0 aromatic heterocycles. The number of urea groups is 1. The Morgan fingerprint density at radius 3 is 2.58 bits per heavy atom. The third-order valence-corrected chi connectivity index (χ3v) is 5.15. The summed E-state index contributed by atoms with van der Waals surface area (Å²) in [6.45, 7) is 0. The number of halogens is 3. The van der Waals surface area contributed by atoms with E-state index in [4.69, 9.17) is 0 Å². The van der Waals surface area contributed by atoms with Crippen molar-refractivity contribution in [2.75, 3.05) is 5.32 Å². The van der Waals surface area contributed by atoms with Crippen LogP contribution < -0.4 is 20.1 Å². The Balaban J connectivity index is 1.40. The van der Waals surface area contributed by atoms with Crippen molar-refractivity contribution in [2.24, 2.45) is 0 Å². The molecule has 0 spiro atoms. The van der Waals surface area contributed by atoms with E-state index < -0.39 is 6.29 Å². The molecule has 1 heterocycles. The average Bonchev–Trinajstić information content (AvgIpc) is 3.22. The molecule has 2 amide bonds. The molecule has 0 atom stereocenters. The van der Waals surface area contributed by atoms with E-state index in [2.05, 4.69) is 36.0 Å². The van der Waals surface area contributed by atoms with Crippen molar-refractivity contribution in [2.45, 2.75) is 31.1 Å². The lowest BCUT2D eigenvalue weighted by Gasteiger charge is -2.19. The number of anilines is 1. The summed E-state index contributed by atoms with van der Waals surface area (Å²) in [5, 5.41) is 5.64. The molecule has 0 radical (unpaired) electrons. The second kappa shape index (κ2) is 6.12. The molecule has 1 fully saturated rings. The van der Waals surface area contributed by atoms with Crippen LogP contribution >= 0.6 is 15.9 Å². The summed E-state index contributed by atoms with van der Waals surface area (Å²) in [6, 6.07) is 11.6. The van der Waals surface area contributed by atoms with Gasteiger partial charge in [-0.3, -0.25) is 0 Å². The van der Waals surface area contributed by atoms with Gasteiger partial charge in [0.05, 0.1) is 0 Å². The summed E-state index contributed by atoms with van der Waals surface area (Å²) in [7, 11) is 0. The van der Waals surface area contributed by atoms with Gasteiger partial charge >= 0.3 is 12.3 Å². The number of amides is 2. The van der Waals surface area contributed by atoms with Crippen LogP contribution in [0.1, 0.15) is 18.4 Å². The Bertz CT molecular complexity index is 871. The second-order valence-corrected chi connectivity index (χ2v) is 7.31. The lowest BCUT2D eigenvalue weighted by Crippen LogP contribution is -2.41. The first-order valence-electron chi connectivity index (χ1n) is 8.07. The van der Waals surface area contributed by atoms with Gasteiger partial charge < -0.3 is 20.1 Å². The van der Waals surface area contributed by atoms with Crippen LogP contribution in [0.25, 0.3) is 0 Å². The number of hydrogen-bond acceptors (Lipinski definition) is 3. The zero-order valence-corrected chi connectivity index (χ0v) is 15.1. The molecule has 8 heteroatoms. The number of hydrogen-bond donors (Lipinski definition) is 2. The van der Waals surface area contributed by atoms with Gasteiger partial charge in [0.15, 0.2) is 11.5 Å². The van der Waals surface area contributed by atoms with Crippen LogP contribution in [-0.4, -0.2) is 17.9 Å². The highest BCUT2D eigenvalue weighted by Crippen LogP contribution is 2.43. The number of carbonyl (C=O) groups excluding carboxylic acids is 1. The van der Waals surface area contributed by atoms with Gasteiger partial charge in [-0.25, -0.2) is 4.79 Å². The van der Waals surface area contributed by atoms with Crippen molar-refractivity contribution < 1.29 is 23.0 Å². The molecular formula is C18H15BrF2N2O3. The maximum Gasteiger partial charge on any atom is 0.586 e. The number of fused-ring (bicyclic) bond motifs is 1. The summed E-state index contributed by atoms with van der Waals surface area (Å²) in [6.07, 6.45) is -1.19. The van der Waals surface area contributed by atoms with Crippen LogP contribution in [0.5, 0.6) is 11.5 Å². The number of carbonyl (C=O) groups is 1. The zero-order chi connectivity index (χ0) is 18.4. The summed E-state index contributed by atoms with van der Waals surface area (Å²) in [5.41, 5.74) is 1.19. The molecule has 2 aliphatic rings. The Labute approximate surface area is 156 Å². The van der Waals surface area contributed by atoms with E-state index >= 15 is 0 Å². The first kappa shape index (κ1) is 17.1. The fourth-order valence-electron chi connectivity index (χ4n) is 2.93. The molecule has 0 bridgehead atoms. The maximum absolute atomic E-state index is 13.1. The van der Waals surface area contributed by atoms with E-state index in [1.54, 1.807) is 0 Å². The molecule has 2 N–H and O–H groups in total.